The Hall–Kier alpha value is -5.98. The fourth-order valence-corrected chi connectivity index (χ4v) is 10.6. The zero-order valence-corrected chi connectivity index (χ0v) is 38.0. The maximum absolute atomic E-state index is 14.9. The summed E-state index contributed by atoms with van der Waals surface area (Å²) in [6, 6.07) is 8.97. The van der Waals surface area contributed by atoms with Crippen LogP contribution in [0.25, 0.3) is 33.0 Å². The van der Waals surface area contributed by atoms with Crippen LogP contribution in [0, 0.1) is 11.7 Å². The predicted octanol–water partition coefficient (Wildman–Crippen LogP) is 6.12. The van der Waals surface area contributed by atoms with Crippen LogP contribution in [-0.4, -0.2) is 113 Å². The third kappa shape index (κ3) is 9.49. The number of nitrogens with zero attached hydrogens (tertiary/aromatic N) is 3. The molecule has 4 aromatic rings. The highest BCUT2D eigenvalue weighted by molar-refractivity contribution is 7.91. The lowest BCUT2D eigenvalue weighted by Crippen LogP contribution is -2.58. The molecule has 4 fully saturated rings. The number of rotatable bonds is 7. The summed E-state index contributed by atoms with van der Waals surface area (Å²) in [6.07, 6.45) is 5.47. The zero-order chi connectivity index (χ0) is 46.5. The highest BCUT2D eigenvalue weighted by Crippen LogP contribution is 2.46. The minimum absolute atomic E-state index is 0.0929. The van der Waals surface area contributed by atoms with Gasteiger partial charge in [0, 0.05) is 49.0 Å². The molecule has 2 aromatic carbocycles. The number of pyridine rings is 1. The number of hydrogen-bond acceptors (Lipinski definition) is 12. The number of sulfonamides is 1. The molecule has 2 saturated heterocycles. The Morgan fingerprint density at radius 1 is 0.970 bits per heavy atom. The summed E-state index contributed by atoms with van der Waals surface area (Å²) in [5, 5.41) is 5.98. The molecule has 0 unspecified atom stereocenters. The van der Waals surface area contributed by atoms with Gasteiger partial charge in [0.25, 0.3) is 5.91 Å². The SMILES string of the molecule is CC(C)(C)OC(=O)N1CCC(OC(=O)N[C@H]2CCCCCC=C[C@@H]3C[C@@]3(C(=O)NS(=O)(=O)C3CC3)NC(=O)[C@@H]3C[C@@H](Oc4c5cc(F)ccc5nc5c4oc4ccccc45)CN3C2=O)CC1. The first-order valence-electron chi connectivity index (χ1n) is 22.9. The van der Waals surface area contributed by atoms with E-state index in [0.29, 0.717) is 85.4 Å². The largest absolute Gasteiger partial charge is 0.484 e. The summed E-state index contributed by atoms with van der Waals surface area (Å²) in [6.45, 7) is 5.81. The molecule has 19 heteroatoms. The lowest BCUT2D eigenvalue weighted by atomic mass is 10.0. The van der Waals surface area contributed by atoms with Gasteiger partial charge in [-0.3, -0.25) is 19.1 Å². The summed E-state index contributed by atoms with van der Waals surface area (Å²) in [5.74, 6) is -3.03. The number of amides is 5. The highest BCUT2D eigenvalue weighted by Gasteiger charge is 2.62. The fraction of sp³-hybridized carbons (Fsp3) is 0.532. The van der Waals surface area contributed by atoms with Gasteiger partial charge >= 0.3 is 12.2 Å². The number of furan rings is 1. The van der Waals surface area contributed by atoms with E-state index in [0.717, 1.165) is 6.42 Å². The zero-order valence-electron chi connectivity index (χ0n) is 37.2. The number of ether oxygens (including phenoxy) is 3. The van der Waals surface area contributed by atoms with E-state index in [-0.39, 0.29) is 37.1 Å². The topological polar surface area (TPSA) is 216 Å². The van der Waals surface area contributed by atoms with E-state index in [1.54, 1.807) is 37.8 Å². The van der Waals surface area contributed by atoms with Crippen LogP contribution < -0.4 is 20.1 Å². The van der Waals surface area contributed by atoms with Gasteiger partial charge in [-0.25, -0.2) is 27.4 Å². The van der Waals surface area contributed by atoms with E-state index in [9.17, 15) is 36.8 Å². The number of nitrogens with one attached hydrogen (secondary N) is 3. The number of carbonyl (C=O) groups is 5. The minimum Gasteiger partial charge on any atom is -0.484 e. The van der Waals surface area contributed by atoms with E-state index in [1.807, 2.05) is 24.3 Å². The van der Waals surface area contributed by atoms with Crippen LogP contribution in [0.1, 0.15) is 91.4 Å². The number of alkyl carbamates (subject to hydrolysis) is 1. The number of carbonyl (C=O) groups excluding carboxylic acids is 5. The number of benzene rings is 2. The van der Waals surface area contributed by atoms with Gasteiger partial charge in [0.1, 0.15) is 52.3 Å². The maximum Gasteiger partial charge on any atom is 0.410 e. The van der Waals surface area contributed by atoms with Crippen LogP contribution in [0.5, 0.6) is 5.75 Å². The van der Waals surface area contributed by atoms with Crippen LogP contribution >= 0.6 is 0 Å². The van der Waals surface area contributed by atoms with Crippen molar-refractivity contribution in [2.75, 3.05) is 19.6 Å². The van der Waals surface area contributed by atoms with Gasteiger partial charge in [-0.2, -0.15) is 0 Å². The summed E-state index contributed by atoms with van der Waals surface area (Å²) in [4.78, 5) is 77.5. The summed E-state index contributed by atoms with van der Waals surface area (Å²) in [7, 11) is -3.97. The summed E-state index contributed by atoms with van der Waals surface area (Å²) < 4.78 is 67.4. The first-order chi connectivity index (χ1) is 31.5. The molecular formula is C47H55FN6O11S. The first kappa shape index (κ1) is 45.2. The van der Waals surface area contributed by atoms with Crippen molar-refractivity contribution in [2.45, 2.75) is 132 Å². The second-order valence-corrected chi connectivity index (χ2v) is 21.1. The van der Waals surface area contributed by atoms with E-state index < -0.39 is 92.3 Å². The van der Waals surface area contributed by atoms with Crippen LogP contribution in [0.3, 0.4) is 0 Å². The van der Waals surface area contributed by atoms with E-state index in [2.05, 4.69) is 15.4 Å². The highest BCUT2D eigenvalue weighted by atomic mass is 32.2. The molecule has 0 radical (unpaired) electrons. The normalized spacial score (nSPS) is 25.6. The molecule has 5 amide bonds. The molecule has 5 heterocycles. The molecule has 0 spiro atoms. The fourth-order valence-electron chi connectivity index (χ4n) is 9.27. The Kier molecular flexibility index (Phi) is 12.1. The van der Waals surface area contributed by atoms with Crippen molar-refractivity contribution >= 4 is 72.9 Å². The van der Waals surface area contributed by atoms with E-state index >= 15 is 0 Å². The maximum atomic E-state index is 14.9. The summed E-state index contributed by atoms with van der Waals surface area (Å²) >= 11 is 0. The first-order valence-corrected chi connectivity index (χ1v) is 24.4. The van der Waals surface area contributed by atoms with Gasteiger partial charge in [-0.15, -0.1) is 0 Å². The van der Waals surface area contributed by atoms with Gasteiger partial charge < -0.3 is 39.1 Å². The van der Waals surface area contributed by atoms with Crippen molar-refractivity contribution in [1.29, 1.82) is 0 Å². The third-order valence-electron chi connectivity index (χ3n) is 13.0. The molecule has 352 valence electrons. The Labute approximate surface area is 381 Å². The molecule has 2 aliphatic carbocycles. The summed E-state index contributed by atoms with van der Waals surface area (Å²) in [5.41, 5.74) is -0.599. The number of hydrogen-bond donors (Lipinski definition) is 3. The number of fused-ring (bicyclic) bond motifs is 6. The molecule has 9 rings (SSSR count). The van der Waals surface area contributed by atoms with Crippen molar-refractivity contribution in [3.8, 4) is 5.75 Å². The van der Waals surface area contributed by atoms with Crippen molar-refractivity contribution in [1.82, 2.24) is 30.1 Å². The van der Waals surface area contributed by atoms with Crippen molar-refractivity contribution in [3.05, 3.63) is 60.4 Å². The minimum atomic E-state index is -3.97. The molecular weight excluding hydrogens is 876 g/mol. The van der Waals surface area contributed by atoms with Crippen molar-refractivity contribution < 1.29 is 55.4 Å². The molecule has 17 nitrogen and oxygen atoms in total. The third-order valence-corrected chi connectivity index (χ3v) is 14.8. The number of halogens is 1. The Bertz CT molecular complexity index is 2730. The molecule has 2 aromatic heterocycles. The monoisotopic (exact) mass is 930 g/mol. The number of aromatic nitrogens is 1. The number of allylic oxidation sites excluding steroid dienone is 1. The number of para-hydroxylation sites is 1. The average molecular weight is 931 g/mol. The van der Waals surface area contributed by atoms with Crippen molar-refractivity contribution in [2.24, 2.45) is 5.92 Å². The molecule has 66 heavy (non-hydrogen) atoms. The Balaban J connectivity index is 1.00. The molecule has 0 bridgehead atoms. The van der Waals surface area contributed by atoms with Crippen LogP contribution in [-0.2, 0) is 33.9 Å². The van der Waals surface area contributed by atoms with Gasteiger partial charge in [-0.1, -0.05) is 37.1 Å². The van der Waals surface area contributed by atoms with Gasteiger partial charge in [-0.05, 0) is 89.6 Å². The number of likely N-dealkylation sites (tertiary alicyclic amines) is 1. The lowest BCUT2D eigenvalue weighted by Gasteiger charge is -2.33. The van der Waals surface area contributed by atoms with Gasteiger partial charge in [0.05, 0.1) is 17.3 Å². The Morgan fingerprint density at radius 2 is 1.74 bits per heavy atom. The van der Waals surface area contributed by atoms with E-state index in [4.69, 9.17) is 23.6 Å². The Morgan fingerprint density at radius 3 is 2.50 bits per heavy atom. The molecule has 5 atom stereocenters. The molecule has 3 N–H and O–H groups in total. The van der Waals surface area contributed by atoms with Gasteiger partial charge in [0.15, 0.2) is 11.3 Å². The van der Waals surface area contributed by atoms with Crippen LogP contribution in [0.2, 0.25) is 0 Å². The second kappa shape index (κ2) is 17.7. The molecule has 3 aliphatic heterocycles. The van der Waals surface area contributed by atoms with Crippen molar-refractivity contribution in [3.63, 3.8) is 0 Å². The standard InChI is InChI=1S/C47H55FN6O11S/c1-46(2,3)65-45(59)53-21-19-29(20-22-53)63-44(58)50-35-13-8-6-4-5-7-11-27-25-47(27,43(57)52-66(60,61)31-16-17-31)51-41(55)36-24-30(26-54(36)42(35)56)62-39-33-23-28(48)15-18-34(33)49-38-32-12-9-10-14-37(32)64-40(38)39/h7,9-12,14-15,18,23,27,29-31,35-36H,4-6,8,13,16-17,19-22,24-26H2,1-3H3,(H,50,58)(H,51,55)(H,52,57)/t27-,30-,35+,36+,47-/m1/s1. The second-order valence-electron chi connectivity index (χ2n) is 19.1. The van der Waals surface area contributed by atoms with E-state index in [1.165, 1.54) is 23.1 Å². The lowest BCUT2D eigenvalue weighted by molar-refractivity contribution is -0.141. The number of piperidine rings is 1. The average Bonchev–Trinajstić information content (AvgIpc) is 4.17. The van der Waals surface area contributed by atoms with Crippen LogP contribution in [0.4, 0.5) is 14.0 Å². The van der Waals surface area contributed by atoms with Crippen LogP contribution in [0.15, 0.2) is 59.0 Å². The smallest absolute Gasteiger partial charge is 0.410 e. The quantitative estimate of drug-likeness (QED) is 0.179. The van der Waals surface area contributed by atoms with Gasteiger partial charge in [0.2, 0.25) is 21.8 Å². The predicted molar refractivity (Wildman–Crippen MR) is 239 cm³/mol. The molecule has 5 aliphatic rings. The molecule has 2 saturated carbocycles.